The average molecular weight is 339 g/mol. The van der Waals surface area contributed by atoms with Gasteiger partial charge in [0.2, 0.25) is 0 Å². The van der Waals surface area contributed by atoms with Crippen LogP contribution in [-0.4, -0.2) is 27.8 Å². The highest BCUT2D eigenvalue weighted by Crippen LogP contribution is 2.22. The molecule has 2 heterocycles. The summed E-state index contributed by atoms with van der Waals surface area (Å²) >= 11 is 1.48. The smallest absolute Gasteiger partial charge is 0.261 e. The molecule has 5 nitrogen and oxygen atoms in total. The molecule has 24 heavy (non-hydrogen) atoms. The van der Waals surface area contributed by atoms with Crippen molar-refractivity contribution in [3.05, 3.63) is 75.0 Å². The number of amides is 1. The van der Waals surface area contributed by atoms with Crippen molar-refractivity contribution in [2.45, 2.75) is 13.0 Å². The van der Waals surface area contributed by atoms with E-state index < -0.39 is 0 Å². The number of nitrogens with one attached hydrogen (secondary N) is 1. The van der Waals surface area contributed by atoms with Crippen LogP contribution in [0.1, 0.15) is 28.3 Å². The van der Waals surface area contributed by atoms with Crippen LogP contribution in [0.4, 0.5) is 0 Å². The zero-order valence-electron chi connectivity index (χ0n) is 13.4. The van der Waals surface area contributed by atoms with Gasteiger partial charge >= 0.3 is 0 Å². The van der Waals surface area contributed by atoms with Crippen LogP contribution in [0, 0.1) is 0 Å². The minimum atomic E-state index is -0.389. The Morgan fingerprint density at radius 2 is 1.96 bits per heavy atom. The van der Waals surface area contributed by atoms with E-state index >= 15 is 0 Å². The second-order valence-corrected chi connectivity index (χ2v) is 6.37. The first-order chi connectivity index (χ1) is 11.6. The van der Waals surface area contributed by atoms with E-state index in [1.807, 2.05) is 42.6 Å². The number of aromatic amines is 1. The second-order valence-electron chi connectivity index (χ2n) is 5.44. The number of H-pyrrole nitrogens is 1. The Kier molecular flexibility index (Phi) is 4.57. The van der Waals surface area contributed by atoms with Crippen molar-refractivity contribution in [3.8, 4) is 11.3 Å². The van der Waals surface area contributed by atoms with Gasteiger partial charge in [-0.05, 0) is 24.6 Å². The number of thiazole rings is 1. The summed E-state index contributed by atoms with van der Waals surface area (Å²) in [5.41, 5.74) is 1.33. The van der Waals surface area contributed by atoms with Crippen molar-refractivity contribution >= 4 is 17.2 Å². The van der Waals surface area contributed by atoms with Gasteiger partial charge in [0.1, 0.15) is 10.6 Å². The molecular formula is C18H17N3O2S. The number of aromatic nitrogens is 2. The van der Waals surface area contributed by atoms with E-state index in [0.29, 0.717) is 5.69 Å². The molecule has 0 bridgehead atoms. The topological polar surface area (TPSA) is 66.1 Å². The minimum absolute atomic E-state index is 0.126. The van der Waals surface area contributed by atoms with E-state index in [-0.39, 0.29) is 23.1 Å². The Morgan fingerprint density at radius 3 is 2.58 bits per heavy atom. The summed E-state index contributed by atoms with van der Waals surface area (Å²) in [7, 11) is 1.68. The molecule has 0 fully saturated rings. The summed E-state index contributed by atoms with van der Waals surface area (Å²) in [6.07, 6.45) is 1.70. The Labute approximate surface area is 143 Å². The average Bonchev–Trinajstić information content (AvgIpc) is 3.15. The van der Waals surface area contributed by atoms with Crippen molar-refractivity contribution in [2.24, 2.45) is 0 Å². The van der Waals surface area contributed by atoms with Gasteiger partial charge in [0.05, 0.1) is 6.04 Å². The third kappa shape index (κ3) is 3.14. The van der Waals surface area contributed by atoms with Gasteiger partial charge in [0.25, 0.3) is 11.5 Å². The molecule has 0 aliphatic rings. The molecular weight excluding hydrogens is 322 g/mol. The van der Waals surface area contributed by atoms with Gasteiger partial charge in [-0.15, -0.1) is 11.3 Å². The fourth-order valence-electron chi connectivity index (χ4n) is 2.40. The van der Waals surface area contributed by atoms with E-state index in [2.05, 4.69) is 9.97 Å². The van der Waals surface area contributed by atoms with Gasteiger partial charge in [-0.2, -0.15) is 0 Å². The molecule has 0 saturated carbocycles. The molecule has 3 aromatic rings. The van der Waals surface area contributed by atoms with E-state index in [1.54, 1.807) is 25.4 Å². The number of pyridine rings is 1. The van der Waals surface area contributed by atoms with Crippen LogP contribution < -0.4 is 5.56 Å². The van der Waals surface area contributed by atoms with Gasteiger partial charge in [0.15, 0.2) is 0 Å². The molecule has 0 unspecified atom stereocenters. The largest absolute Gasteiger partial charge is 0.332 e. The van der Waals surface area contributed by atoms with Gasteiger partial charge in [-0.3, -0.25) is 9.59 Å². The summed E-state index contributed by atoms with van der Waals surface area (Å²) in [5, 5.41) is 2.70. The van der Waals surface area contributed by atoms with E-state index in [9.17, 15) is 9.59 Å². The fourth-order valence-corrected chi connectivity index (χ4v) is 3.14. The quantitative estimate of drug-likeness (QED) is 0.793. The number of benzene rings is 1. The summed E-state index contributed by atoms with van der Waals surface area (Å²) < 4.78 is 0. The summed E-state index contributed by atoms with van der Waals surface area (Å²) in [4.78, 5) is 33.5. The molecule has 1 aromatic carbocycles. The molecule has 1 N–H and O–H groups in total. The molecule has 0 saturated heterocycles. The number of carbonyl (C=O) groups is 1. The zero-order valence-corrected chi connectivity index (χ0v) is 14.2. The lowest BCUT2D eigenvalue weighted by Gasteiger charge is -2.23. The molecule has 2 aromatic heterocycles. The van der Waals surface area contributed by atoms with E-state index in [1.165, 1.54) is 16.2 Å². The highest BCUT2D eigenvalue weighted by molar-refractivity contribution is 7.09. The van der Waals surface area contributed by atoms with Crippen molar-refractivity contribution in [2.75, 3.05) is 7.05 Å². The Morgan fingerprint density at radius 1 is 1.21 bits per heavy atom. The van der Waals surface area contributed by atoms with Gasteiger partial charge in [0, 0.05) is 24.3 Å². The normalized spacial score (nSPS) is 11.9. The maximum Gasteiger partial charge on any atom is 0.261 e. The molecule has 0 aliphatic carbocycles. The highest BCUT2D eigenvalue weighted by Gasteiger charge is 2.22. The second kappa shape index (κ2) is 6.80. The molecule has 6 heteroatoms. The zero-order chi connectivity index (χ0) is 17.1. The van der Waals surface area contributed by atoms with Crippen molar-refractivity contribution in [3.63, 3.8) is 0 Å². The molecule has 1 amide bonds. The van der Waals surface area contributed by atoms with Crippen molar-refractivity contribution in [1.82, 2.24) is 14.9 Å². The van der Waals surface area contributed by atoms with E-state index in [4.69, 9.17) is 0 Å². The van der Waals surface area contributed by atoms with Crippen LogP contribution in [0.3, 0.4) is 0 Å². The number of hydrogen-bond donors (Lipinski definition) is 1. The van der Waals surface area contributed by atoms with Crippen molar-refractivity contribution in [1.29, 1.82) is 0 Å². The minimum Gasteiger partial charge on any atom is -0.332 e. The van der Waals surface area contributed by atoms with Crippen LogP contribution in [0.15, 0.2) is 58.8 Å². The molecule has 122 valence electrons. The van der Waals surface area contributed by atoms with E-state index in [0.717, 1.165) is 10.6 Å². The lowest BCUT2D eigenvalue weighted by atomic mass is 10.1. The first-order valence-corrected chi connectivity index (χ1v) is 8.41. The number of nitrogens with zero attached hydrogens (tertiary/aromatic N) is 2. The first-order valence-electron chi connectivity index (χ1n) is 7.53. The van der Waals surface area contributed by atoms with Crippen molar-refractivity contribution < 1.29 is 4.79 Å². The highest BCUT2D eigenvalue weighted by atomic mass is 32.1. The molecule has 0 radical (unpaired) electrons. The summed E-state index contributed by atoms with van der Waals surface area (Å²) in [6.45, 7) is 1.89. The monoisotopic (exact) mass is 339 g/mol. The molecule has 3 rings (SSSR count). The Hall–Kier alpha value is -2.73. The predicted octanol–water partition coefficient (Wildman–Crippen LogP) is 3.33. The van der Waals surface area contributed by atoms with Crippen LogP contribution in [-0.2, 0) is 0 Å². The first kappa shape index (κ1) is 16.1. The number of carbonyl (C=O) groups excluding carboxylic acids is 1. The summed E-state index contributed by atoms with van der Waals surface area (Å²) in [6, 6.07) is 12.7. The SMILES string of the molecule is C[C@H](c1nccs1)N(C)C(=O)c1ccc(-c2ccccc2)[nH]c1=O. The van der Waals surface area contributed by atoms with Crippen LogP contribution in [0.5, 0.6) is 0 Å². The standard InChI is InChI=1S/C18H17N3O2S/c1-12(17-19-10-11-24-17)21(2)18(23)14-8-9-15(20-16(14)22)13-6-4-3-5-7-13/h3-12H,1-2H3,(H,20,22)/t12-/m1/s1. The lowest BCUT2D eigenvalue weighted by Crippen LogP contribution is -2.33. The third-order valence-electron chi connectivity index (χ3n) is 3.93. The molecule has 0 aliphatic heterocycles. The van der Waals surface area contributed by atoms with Crippen LogP contribution in [0.2, 0.25) is 0 Å². The predicted molar refractivity (Wildman–Crippen MR) is 95.1 cm³/mol. The van der Waals surface area contributed by atoms with Crippen LogP contribution in [0.25, 0.3) is 11.3 Å². The molecule has 1 atom stereocenters. The number of rotatable bonds is 4. The van der Waals surface area contributed by atoms with Gasteiger partial charge < -0.3 is 9.88 Å². The summed E-state index contributed by atoms with van der Waals surface area (Å²) in [5.74, 6) is -0.321. The Balaban J connectivity index is 1.87. The maximum absolute atomic E-state index is 12.6. The Bertz CT molecular complexity index is 888. The van der Waals surface area contributed by atoms with Gasteiger partial charge in [-0.25, -0.2) is 4.98 Å². The lowest BCUT2D eigenvalue weighted by molar-refractivity contribution is 0.0740. The number of hydrogen-bond acceptors (Lipinski definition) is 4. The molecule has 0 spiro atoms. The maximum atomic E-state index is 12.6. The third-order valence-corrected chi connectivity index (χ3v) is 4.88. The van der Waals surface area contributed by atoms with Gasteiger partial charge in [-0.1, -0.05) is 30.3 Å². The van der Waals surface area contributed by atoms with Crippen LogP contribution >= 0.6 is 11.3 Å². The fraction of sp³-hybridized carbons (Fsp3) is 0.167.